The van der Waals surface area contributed by atoms with E-state index in [1.807, 2.05) is 4.68 Å². The van der Waals surface area contributed by atoms with Gasteiger partial charge in [0.15, 0.2) is 0 Å². The molecule has 0 spiro atoms. The molecule has 3 rings (SSSR count). The molecular weight excluding hydrogens is 222 g/mol. The second kappa shape index (κ2) is 3.75. The molecular formula is C15H25N3. The Bertz CT molecular complexity index is 444. The highest BCUT2D eigenvalue weighted by Gasteiger charge is 2.59. The second-order valence-electron chi connectivity index (χ2n) is 7.05. The average molecular weight is 247 g/mol. The quantitative estimate of drug-likeness (QED) is 0.885. The summed E-state index contributed by atoms with van der Waals surface area (Å²) in [6.45, 7) is 10.4. The maximum absolute atomic E-state index is 4.58. The topological polar surface area (TPSA) is 29.9 Å². The van der Waals surface area contributed by atoms with Crippen molar-refractivity contribution in [2.75, 3.05) is 5.32 Å². The van der Waals surface area contributed by atoms with E-state index in [1.165, 1.54) is 19.3 Å². The van der Waals surface area contributed by atoms with Gasteiger partial charge in [0.2, 0.25) is 0 Å². The minimum absolute atomic E-state index is 0.392. The van der Waals surface area contributed by atoms with Crippen LogP contribution in [0.3, 0.4) is 0 Å². The van der Waals surface area contributed by atoms with Crippen LogP contribution in [0.2, 0.25) is 0 Å². The van der Waals surface area contributed by atoms with Crippen molar-refractivity contribution in [1.29, 1.82) is 0 Å². The molecule has 1 heterocycles. The Labute approximate surface area is 110 Å². The van der Waals surface area contributed by atoms with Crippen LogP contribution in [0, 0.1) is 16.7 Å². The van der Waals surface area contributed by atoms with E-state index < -0.39 is 0 Å². The van der Waals surface area contributed by atoms with Crippen LogP contribution >= 0.6 is 0 Å². The molecule has 0 aliphatic heterocycles. The van der Waals surface area contributed by atoms with Crippen LogP contribution in [-0.4, -0.2) is 15.8 Å². The van der Waals surface area contributed by atoms with Gasteiger partial charge in [-0.3, -0.25) is 4.68 Å². The van der Waals surface area contributed by atoms with E-state index in [1.54, 1.807) is 0 Å². The summed E-state index contributed by atoms with van der Waals surface area (Å²) < 4.78 is 1.99. The molecule has 2 fully saturated rings. The highest BCUT2D eigenvalue weighted by Crippen LogP contribution is 2.62. The number of hydrogen-bond donors (Lipinski definition) is 1. The fourth-order valence-electron chi connectivity index (χ4n) is 4.42. The van der Waals surface area contributed by atoms with E-state index in [0.717, 1.165) is 18.3 Å². The minimum atomic E-state index is 0.392. The maximum Gasteiger partial charge on any atom is 0.148 e. The Morgan fingerprint density at radius 2 is 2.22 bits per heavy atom. The van der Waals surface area contributed by atoms with Gasteiger partial charge in [0.1, 0.15) is 5.82 Å². The number of fused-ring (bicyclic) bond motifs is 2. The molecule has 3 atom stereocenters. The third kappa shape index (κ3) is 1.59. The first-order chi connectivity index (χ1) is 8.45. The van der Waals surface area contributed by atoms with Crippen LogP contribution in [0.5, 0.6) is 0 Å². The molecule has 1 aromatic rings. The average Bonchev–Trinajstić information content (AvgIpc) is 2.95. The lowest BCUT2D eigenvalue weighted by Crippen LogP contribution is -2.45. The summed E-state index contributed by atoms with van der Waals surface area (Å²) in [7, 11) is 0. The summed E-state index contributed by atoms with van der Waals surface area (Å²) in [5.74, 6) is 1.93. The van der Waals surface area contributed by atoms with Gasteiger partial charge in [-0.15, -0.1) is 0 Å². The van der Waals surface area contributed by atoms with Crippen LogP contribution in [0.15, 0.2) is 12.3 Å². The molecule has 1 unspecified atom stereocenters. The summed E-state index contributed by atoms with van der Waals surface area (Å²) in [4.78, 5) is 0. The number of aryl methyl sites for hydroxylation is 1. The van der Waals surface area contributed by atoms with E-state index in [9.17, 15) is 0 Å². The highest BCUT2D eigenvalue weighted by molar-refractivity contribution is 5.37. The van der Waals surface area contributed by atoms with Gasteiger partial charge in [-0.2, -0.15) is 5.10 Å². The minimum Gasteiger partial charge on any atom is -0.365 e. The van der Waals surface area contributed by atoms with Gasteiger partial charge in [0, 0.05) is 24.8 Å². The maximum atomic E-state index is 4.58. The van der Waals surface area contributed by atoms with Crippen molar-refractivity contribution >= 4 is 5.82 Å². The van der Waals surface area contributed by atoms with Crippen molar-refractivity contribution in [3.05, 3.63) is 12.3 Å². The summed E-state index contributed by atoms with van der Waals surface area (Å²) >= 11 is 0. The molecule has 0 aromatic carbocycles. The predicted molar refractivity (Wildman–Crippen MR) is 74.5 cm³/mol. The summed E-state index contributed by atoms with van der Waals surface area (Å²) in [6, 6.07) is 2.67. The molecule has 1 N–H and O–H groups in total. The van der Waals surface area contributed by atoms with E-state index in [-0.39, 0.29) is 0 Å². The number of anilines is 1. The zero-order chi connectivity index (χ0) is 13.0. The Morgan fingerprint density at radius 3 is 2.78 bits per heavy atom. The monoisotopic (exact) mass is 247 g/mol. The van der Waals surface area contributed by atoms with E-state index in [2.05, 4.69) is 50.4 Å². The first-order valence-electron chi connectivity index (χ1n) is 7.26. The van der Waals surface area contributed by atoms with Crippen molar-refractivity contribution < 1.29 is 0 Å². The van der Waals surface area contributed by atoms with Gasteiger partial charge in [0.25, 0.3) is 0 Å². The number of nitrogens with one attached hydrogen (secondary N) is 1. The van der Waals surface area contributed by atoms with Gasteiger partial charge in [-0.25, -0.2) is 0 Å². The molecule has 100 valence electrons. The van der Waals surface area contributed by atoms with Crippen LogP contribution < -0.4 is 5.32 Å². The first-order valence-corrected chi connectivity index (χ1v) is 7.26. The zero-order valence-corrected chi connectivity index (χ0v) is 12.0. The number of hydrogen-bond acceptors (Lipinski definition) is 2. The lowest BCUT2D eigenvalue weighted by atomic mass is 9.68. The molecule has 0 saturated heterocycles. The third-order valence-corrected chi connectivity index (χ3v) is 5.53. The van der Waals surface area contributed by atoms with E-state index >= 15 is 0 Å². The summed E-state index contributed by atoms with van der Waals surface area (Å²) in [6.07, 6.45) is 6.22. The smallest absolute Gasteiger partial charge is 0.148 e. The van der Waals surface area contributed by atoms with E-state index in [0.29, 0.717) is 16.9 Å². The predicted octanol–water partition coefficient (Wildman–Crippen LogP) is 3.53. The van der Waals surface area contributed by atoms with Crippen LogP contribution in [0.1, 0.15) is 47.0 Å². The third-order valence-electron chi connectivity index (χ3n) is 5.53. The van der Waals surface area contributed by atoms with Crippen LogP contribution in [-0.2, 0) is 6.54 Å². The molecule has 2 aliphatic carbocycles. The van der Waals surface area contributed by atoms with Gasteiger partial charge in [-0.1, -0.05) is 20.8 Å². The Balaban J connectivity index is 1.83. The van der Waals surface area contributed by atoms with Crippen molar-refractivity contribution in [1.82, 2.24) is 9.78 Å². The lowest BCUT2D eigenvalue weighted by molar-refractivity contribution is 0.155. The Morgan fingerprint density at radius 1 is 1.44 bits per heavy atom. The summed E-state index contributed by atoms with van der Waals surface area (Å²) in [5.41, 5.74) is 0.854. The lowest BCUT2D eigenvalue weighted by Gasteiger charge is -2.43. The molecule has 2 bridgehead atoms. The zero-order valence-electron chi connectivity index (χ0n) is 12.0. The standard InChI is InChI=1S/C15H25N3/c1-5-18-9-7-12(17-18)16-13-14(2,3)11-6-8-15(13,4)10-11/h7,9,11,13H,5-6,8,10H2,1-4H3,(H,16,17)/t11-,13?,15+/m0/s1. The van der Waals surface area contributed by atoms with Gasteiger partial charge in [0.05, 0.1) is 0 Å². The van der Waals surface area contributed by atoms with Gasteiger partial charge in [-0.05, 0) is 42.9 Å². The first kappa shape index (κ1) is 12.1. The molecule has 18 heavy (non-hydrogen) atoms. The molecule has 3 nitrogen and oxygen atoms in total. The summed E-state index contributed by atoms with van der Waals surface area (Å²) in [5, 5.41) is 8.30. The molecule has 2 aliphatic rings. The fourth-order valence-corrected chi connectivity index (χ4v) is 4.42. The SMILES string of the molecule is CCn1ccc(NC2C(C)(C)[C@H]3CC[C@]2(C)C3)n1. The van der Waals surface area contributed by atoms with Crippen molar-refractivity contribution in [2.24, 2.45) is 16.7 Å². The number of rotatable bonds is 3. The van der Waals surface area contributed by atoms with Gasteiger partial charge < -0.3 is 5.32 Å². The van der Waals surface area contributed by atoms with Gasteiger partial charge >= 0.3 is 0 Å². The Hall–Kier alpha value is -0.990. The molecule has 2 saturated carbocycles. The second-order valence-corrected chi connectivity index (χ2v) is 7.05. The molecule has 3 heteroatoms. The van der Waals surface area contributed by atoms with E-state index in [4.69, 9.17) is 0 Å². The fraction of sp³-hybridized carbons (Fsp3) is 0.800. The van der Waals surface area contributed by atoms with Crippen LogP contribution in [0.4, 0.5) is 5.82 Å². The molecule has 0 radical (unpaired) electrons. The van der Waals surface area contributed by atoms with Crippen LogP contribution in [0.25, 0.3) is 0 Å². The van der Waals surface area contributed by atoms with Crippen molar-refractivity contribution in [3.63, 3.8) is 0 Å². The normalized spacial score (nSPS) is 37.1. The number of aromatic nitrogens is 2. The number of nitrogens with zero attached hydrogens (tertiary/aromatic N) is 2. The van der Waals surface area contributed by atoms with Crippen molar-refractivity contribution in [2.45, 2.75) is 59.5 Å². The molecule has 0 amide bonds. The Kier molecular flexibility index (Phi) is 2.51. The highest BCUT2D eigenvalue weighted by atomic mass is 15.3. The molecule has 1 aromatic heterocycles. The van der Waals surface area contributed by atoms with Crippen molar-refractivity contribution in [3.8, 4) is 0 Å². The largest absolute Gasteiger partial charge is 0.365 e.